The molecule has 0 amide bonds. The van der Waals surface area contributed by atoms with E-state index in [1.807, 2.05) is 0 Å². The van der Waals surface area contributed by atoms with E-state index in [-0.39, 0.29) is 6.42 Å². The molecule has 0 N–H and O–H groups in total. The van der Waals surface area contributed by atoms with Crippen molar-refractivity contribution >= 4 is 16.0 Å². The molecule has 1 aliphatic rings. The van der Waals surface area contributed by atoms with E-state index in [0.29, 0.717) is 19.0 Å². The average Bonchev–Trinajstić information content (AvgIpc) is 2.77. The van der Waals surface area contributed by atoms with Gasteiger partial charge in [0.15, 0.2) is 0 Å². The summed E-state index contributed by atoms with van der Waals surface area (Å²) in [4.78, 5) is 11.1. The van der Waals surface area contributed by atoms with Crippen LogP contribution in [-0.4, -0.2) is 44.1 Å². The second-order valence-electron chi connectivity index (χ2n) is 4.56. The first-order valence-corrected chi connectivity index (χ1v) is 7.47. The zero-order valence-electron chi connectivity index (χ0n) is 10.7. The summed E-state index contributed by atoms with van der Waals surface area (Å²) in [6, 6.07) is 0. The van der Waals surface area contributed by atoms with Gasteiger partial charge in [0.1, 0.15) is 0 Å². The quantitative estimate of drug-likeness (QED) is 0.694. The van der Waals surface area contributed by atoms with E-state index in [1.165, 1.54) is 11.4 Å². The van der Waals surface area contributed by atoms with Crippen molar-refractivity contribution in [1.29, 1.82) is 0 Å². The minimum atomic E-state index is -3.35. The topological polar surface area (TPSA) is 63.7 Å². The summed E-state index contributed by atoms with van der Waals surface area (Å²) in [5.74, 6) is -0.0255. The van der Waals surface area contributed by atoms with Crippen LogP contribution in [0.1, 0.15) is 33.1 Å². The molecule has 0 aromatic rings. The summed E-state index contributed by atoms with van der Waals surface area (Å²) in [6.45, 7) is 4.79. The molecular formula is C11H21NO4S. The van der Waals surface area contributed by atoms with Crippen molar-refractivity contribution < 1.29 is 17.9 Å². The molecule has 2 unspecified atom stereocenters. The minimum absolute atomic E-state index is 0.0773. The maximum absolute atomic E-state index is 12.2. The first kappa shape index (κ1) is 14.4. The van der Waals surface area contributed by atoms with Crippen LogP contribution in [0.15, 0.2) is 0 Å². The first-order chi connectivity index (χ1) is 7.91. The lowest BCUT2D eigenvalue weighted by Gasteiger charge is -2.20. The van der Waals surface area contributed by atoms with E-state index in [9.17, 15) is 13.2 Å². The summed E-state index contributed by atoms with van der Waals surface area (Å²) in [7, 11) is -2.09. The number of hydrogen-bond donors (Lipinski definition) is 0. The molecule has 0 aromatic carbocycles. The highest BCUT2D eigenvalue weighted by atomic mass is 32.2. The van der Waals surface area contributed by atoms with Crippen molar-refractivity contribution in [3.05, 3.63) is 0 Å². The lowest BCUT2D eigenvalue weighted by molar-refractivity contribution is -0.140. The molecule has 100 valence electrons. The second-order valence-corrected chi connectivity index (χ2v) is 6.91. The van der Waals surface area contributed by atoms with E-state index in [2.05, 4.69) is 11.7 Å². The van der Waals surface area contributed by atoms with Crippen molar-refractivity contribution in [3.8, 4) is 0 Å². The van der Waals surface area contributed by atoms with E-state index >= 15 is 0 Å². The molecule has 1 fully saturated rings. The van der Waals surface area contributed by atoms with Gasteiger partial charge < -0.3 is 4.74 Å². The lowest BCUT2D eigenvalue weighted by Crippen LogP contribution is -2.37. The number of carbonyl (C=O) groups is 1. The van der Waals surface area contributed by atoms with Gasteiger partial charge in [0.05, 0.1) is 18.8 Å². The number of sulfonamides is 1. The molecule has 5 nitrogen and oxygen atoms in total. The molecular weight excluding hydrogens is 242 g/mol. The molecule has 0 spiro atoms. The fourth-order valence-corrected chi connectivity index (χ4v) is 3.67. The molecule has 6 heteroatoms. The highest BCUT2D eigenvalue weighted by molar-refractivity contribution is 7.89. The predicted molar refractivity (Wildman–Crippen MR) is 65.0 cm³/mol. The van der Waals surface area contributed by atoms with Gasteiger partial charge in [-0.1, -0.05) is 13.3 Å². The largest absolute Gasteiger partial charge is 0.469 e. The van der Waals surface area contributed by atoms with Crippen LogP contribution in [0.25, 0.3) is 0 Å². The van der Waals surface area contributed by atoms with Crippen molar-refractivity contribution in [2.24, 2.45) is 5.92 Å². The monoisotopic (exact) mass is 263 g/mol. The molecule has 2 atom stereocenters. The predicted octanol–water partition coefficient (Wildman–Crippen LogP) is 1.000. The number of carbonyl (C=O) groups excluding carboxylic acids is 1. The minimum Gasteiger partial charge on any atom is -0.469 e. The molecule has 0 aromatic heterocycles. The molecule has 0 aliphatic carbocycles. The third-order valence-corrected chi connectivity index (χ3v) is 5.61. The lowest BCUT2D eigenvalue weighted by atomic mass is 10.1. The summed E-state index contributed by atoms with van der Waals surface area (Å²) in [5.41, 5.74) is 0. The Hall–Kier alpha value is -0.620. The number of methoxy groups -OCH3 is 1. The van der Waals surface area contributed by atoms with E-state index in [0.717, 1.165) is 12.8 Å². The van der Waals surface area contributed by atoms with Gasteiger partial charge in [0.25, 0.3) is 0 Å². The number of hydrogen-bond acceptors (Lipinski definition) is 4. The fraction of sp³-hybridized carbons (Fsp3) is 0.909. The smallest absolute Gasteiger partial charge is 0.306 e. The van der Waals surface area contributed by atoms with Crippen LogP contribution in [0, 0.1) is 5.92 Å². The first-order valence-electron chi connectivity index (χ1n) is 5.97. The average molecular weight is 263 g/mol. The number of rotatable bonds is 5. The van der Waals surface area contributed by atoms with Crippen molar-refractivity contribution in [1.82, 2.24) is 4.31 Å². The van der Waals surface area contributed by atoms with Gasteiger partial charge in [0, 0.05) is 13.1 Å². The highest BCUT2D eigenvalue weighted by Gasteiger charge is 2.35. The SMILES string of the molecule is CCC1CCN(S(=O)(=O)C(C)CC(=O)OC)C1. The normalized spacial score (nSPS) is 23.6. The Balaban J connectivity index is 2.65. The Bertz CT molecular complexity index is 366. The summed E-state index contributed by atoms with van der Waals surface area (Å²) >= 11 is 0. The Morgan fingerprint density at radius 3 is 2.65 bits per heavy atom. The molecule has 0 bridgehead atoms. The zero-order valence-corrected chi connectivity index (χ0v) is 11.5. The van der Waals surface area contributed by atoms with Crippen molar-refractivity contribution in [3.63, 3.8) is 0 Å². The Morgan fingerprint density at radius 2 is 2.18 bits per heavy atom. The van der Waals surface area contributed by atoms with E-state index in [4.69, 9.17) is 0 Å². The molecule has 1 rings (SSSR count). The molecule has 1 heterocycles. The summed E-state index contributed by atoms with van der Waals surface area (Å²) in [6.07, 6.45) is 1.84. The third kappa shape index (κ3) is 3.42. The van der Waals surface area contributed by atoms with Gasteiger partial charge >= 0.3 is 5.97 Å². The van der Waals surface area contributed by atoms with Gasteiger partial charge in [-0.25, -0.2) is 12.7 Å². The van der Waals surface area contributed by atoms with Crippen LogP contribution in [-0.2, 0) is 19.6 Å². The maximum atomic E-state index is 12.2. The van der Waals surface area contributed by atoms with Gasteiger partial charge in [-0.15, -0.1) is 0 Å². The number of nitrogens with zero attached hydrogens (tertiary/aromatic N) is 1. The Morgan fingerprint density at radius 1 is 1.53 bits per heavy atom. The van der Waals surface area contributed by atoms with Crippen molar-refractivity contribution in [2.75, 3.05) is 20.2 Å². The fourth-order valence-electron chi connectivity index (χ4n) is 2.04. The van der Waals surface area contributed by atoms with Gasteiger partial charge in [-0.3, -0.25) is 4.79 Å². The van der Waals surface area contributed by atoms with E-state index in [1.54, 1.807) is 6.92 Å². The number of ether oxygens (including phenoxy) is 1. The zero-order chi connectivity index (χ0) is 13.1. The maximum Gasteiger partial charge on any atom is 0.306 e. The summed E-state index contributed by atoms with van der Waals surface area (Å²) < 4.78 is 30.3. The van der Waals surface area contributed by atoms with Crippen LogP contribution < -0.4 is 0 Å². The Labute approximate surface area is 103 Å². The van der Waals surface area contributed by atoms with Crippen LogP contribution in [0.5, 0.6) is 0 Å². The van der Waals surface area contributed by atoms with Gasteiger partial charge in [-0.05, 0) is 19.3 Å². The highest BCUT2D eigenvalue weighted by Crippen LogP contribution is 2.24. The standard InChI is InChI=1S/C11H21NO4S/c1-4-10-5-6-12(8-10)17(14,15)9(2)7-11(13)16-3/h9-10H,4-8H2,1-3H3. The summed E-state index contributed by atoms with van der Waals surface area (Å²) in [5, 5.41) is -0.703. The number of esters is 1. The van der Waals surface area contributed by atoms with Gasteiger partial charge in [0.2, 0.25) is 10.0 Å². The van der Waals surface area contributed by atoms with Crippen LogP contribution in [0.2, 0.25) is 0 Å². The molecule has 0 radical (unpaired) electrons. The molecule has 1 saturated heterocycles. The van der Waals surface area contributed by atoms with Gasteiger partial charge in [-0.2, -0.15) is 0 Å². The van der Waals surface area contributed by atoms with E-state index < -0.39 is 21.2 Å². The molecule has 17 heavy (non-hydrogen) atoms. The van der Waals surface area contributed by atoms with Crippen LogP contribution in [0.3, 0.4) is 0 Å². The second kappa shape index (κ2) is 5.82. The molecule has 0 saturated carbocycles. The third-order valence-electron chi connectivity index (χ3n) is 3.38. The van der Waals surface area contributed by atoms with Crippen LogP contribution >= 0.6 is 0 Å². The Kier molecular flexibility index (Phi) is 4.94. The van der Waals surface area contributed by atoms with Crippen LogP contribution in [0.4, 0.5) is 0 Å². The molecule has 1 aliphatic heterocycles. The van der Waals surface area contributed by atoms with Crippen molar-refractivity contribution in [2.45, 2.75) is 38.4 Å².